The summed E-state index contributed by atoms with van der Waals surface area (Å²) in [5.74, 6) is 3.25. The average molecular weight is 328 g/mol. The van der Waals surface area contributed by atoms with Gasteiger partial charge in [0, 0.05) is 18.9 Å². The summed E-state index contributed by atoms with van der Waals surface area (Å²) >= 11 is 0. The standard InChI is InChI=1S/C22H32O2/c1-4-5-15-13-22(2)19(10-11-20(22)23)18-8-6-14-12-16(24-3)7-9-17(14)21(15)18/h4,15-16,18-19,21H,1,5-13H2,2-3H3. The van der Waals surface area contributed by atoms with E-state index in [9.17, 15) is 4.79 Å². The van der Waals surface area contributed by atoms with Crippen molar-refractivity contribution >= 4 is 5.78 Å². The summed E-state index contributed by atoms with van der Waals surface area (Å²) in [6.45, 7) is 6.31. The van der Waals surface area contributed by atoms with Crippen molar-refractivity contribution in [3.05, 3.63) is 23.8 Å². The predicted octanol–water partition coefficient (Wildman–Crippen LogP) is 5.09. The number of carbonyl (C=O) groups is 1. The van der Waals surface area contributed by atoms with Gasteiger partial charge in [0.2, 0.25) is 0 Å². The molecule has 0 N–H and O–H groups in total. The fourth-order valence-electron chi connectivity index (χ4n) is 6.90. The number of fused-ring (bicyclic) bond motifs is 4. The molecule has 0 radical (unpaired) electrons. The molecule has 2 fully saturated rings. The maximum atomic E-state index is 12.7. The molecule has 6 unspecified atom stereocenters. The molecule has 0 aromatic carbocycles. The number of methoxy groups -OCH3 is 1. The maximum Gasteiger partial charge on any atom is 0.139 e. The molecule has 4 aliphatic rings. The molecular weight excluding hydrogens is 296 g/mol. The second kappa shape index (κ2) is 6.12. The maximum absolute atomic E-state index is 12.7. The van der Waals surface area contributed by atoms with Gasteiger partial charge in [-0.15, -0.1) is 6.58 Å². The molecule has 0 amide bonds. The van der Waals surface area contributed by atoms with Crippen LogP contribution in [0.4, 0.5) is 0 Å². The third-order valence-electron chi connectivity index (χ3n) is 7.96. The van der Waals surface area contributed by atoms with Crippen molar-refractivity contribution in [3.63, 3.8) is 0 Å². The van der Waals surface area contributed by atoms with Gasteiger partial charge in [-0.3, -0.25) is 4.79 Å². The first-order valence-electron chi connectivity index (χ1n) is 9.96. The fraction of sp³-hybridized carbons (Fsp3) is 0.773. The van der Waals surface area contributed by atoms with E-state index in [0.717, 1.165) is 38.0 Å². The summed E-state index contributed by atoms with van der Waals surface area (Å²) in [7, 11) is 1.86. The number of rotatable bonds is 3. The van der Waals surface area contributed by atoms with E-state index in [2.05, 4.69) is 19.6 Å². The number of ether oxygens (including phenoxy) is 1. The van der Waals surface area contributed by atoms with E-state index in [0.29, 0.717) is 29.6 Å². The van der Waals surface area contributed by atoms with Crippen LogP contribution >= 0.6 is 0 Å². The lowest BCUT2D eigenvalue weighted by Crippen LogP contribution is -2.48. The SMILES string of the molecule is C=CCC1CC2(C)C(=O)CCC2C2CCC3=C(CCC(OC)C3)C12. The largest absolute Gasteiger partial charge is 0.381 e. The quantitative estimate of drug-likeness (QED) is 0.675. The molecule has 2 nitrogen and oxygen atoms in total. The van der Waals surface area contributed by atoms with Gasteiger partial charge in [0.15, 0.2) is 0 Å². The molecule has 6 atom stereocenters. The van der Waals surface area contributed by atoms with Gasteiger partial charge in [-0.05, 0) is 75.0 Å². The summed E-state index contributed by atoms with van der Waals surface area (Å²) < 4.78 is 5.65. The average Bonchev–Trinajstić information content (AvgIpc) is 2.89. The molecule has 132 valence electrons. The topological polar surface area (TPSA) is 26.3 Å². The molecule has 0 bridgehead atoms. The Balaban J connectivity index is 1.70. The van der Waals surface area contributed by atoms with Gasteiger partial charge in [-0.1, -0.05) is 24.1 Å². The predicted molar refractivity (Wildman–Crippen MR) is 96.6 cm³/mol. The molecule has 4 rings (SSSR count). The van der Waals surface area contributed by atoms with Gasteiger partial charge < -0.3 is 4.74 Å². The van der Waals surface area contributed by atoms with Gasteiger partial charge >= 0.3 is 0 Å². The minimum absolute atomic E-state index is 0.0450. The van der Waals surface area contributed by atoms with Gasteiger partial charge in [0.25, 0.3) is 0 Å². The second-order valence-electron chi connectivity index (χ2n) is 8.93. The number of hydrogen-bond donors (Lipinski definition) is 0. The summed E-state index contributed by atoms with van der Waals surface area (Å²) in [6.07, 6.45) is 12.7. The number of carbonyl (C=O) groups excluding carboxylic acids is 1. The molecular formula is C22H32O2. The Hall–Kier alpha value is -0.890. The molecule has 0 aromatic rings. The lowest BCUT2D eigenvalue weighted by molar-refractivity contribution is -0.132. The minimum Gasteiger partial charge on any atom is -0.381 e. The van der Waals surface area contributed by atoms with Gasteiger partial charge in [0.05, 0.1) is 6.10 Å². The molecule has 0 aromatic heterocycles. The van der Waals surface area contributed by atoms with Crippen LogP contribution in [0.3, 0.4) is 0 Å². The molecule has 2 heteroatoms. The number of allylic oxidation sites excluding steroid dienone is 2. The van der Waals surface area contributed by atoms with E-state index in [1.807, 2.05) is 7.11 Å². The van der Waals surface area contributed by atoms with Crippen LogP contribution in [-0.2, 0) is 9.53 Å². The number of Topliss-reactive ketones (excluding diaryl/α,β-unsaturated/α-hetero) is 1. The zero-order valence-corrected chi connectivity index (χ0v) is 15.4. The zero-order chi connectivity index (χ0) is 16.9. The molecule has 0 aliphatic heterocycles. The molecule has 0 spiro atoms. The Morgan fingerprint density at radius 2 is 2.08 bits per heavy atom. The highest BCUT2D eigenvalue weighted by atomic mass is 16.5. The molecule has 24 heavy (non-hydrogen) atoms. The lowest BCUT2D eigenvalue weighted by atomic mass is 9.50. The van der Waals surface area contributed by atoms with Crippen molar-refractivity contribution < 1.29 is 9.53 Å². The highest BCUT2D eigenvalue weighted by Crippen LogP contribution is 2.62. The van der Waals surface area contributed by atoms with E-state index >= 15 is 0 Å². The first-order valence-corrected chi connectivity index (χ1v) is 9.96. The highest BCUT2D eigenvalue weighted by Gasteiger charge is 2.57. The van der Waals surface area contributed by atoms with Crippen molar-refractivity contribution in [1.29, 1.82) is 0 Å². The Kier molecular flexibility index (Phi) is 4.23. The number of hydrogen-bond acceptors (Lipinski definition) is 2. The van der Waals surface area contributed by atoms with Crippen LogP contribution < -0.4 is 0 Å². The van der Waals surface area contributed by atoms with Gasteiger partial charge in [0.1, 0.15) is 5.78 Å². The lowest BCUT2D eigenvalue weighted by Gasteiger charge is -2.54. The Labute approximate surface area is 146 Å². The summed E-state index contributed by atoms with van der Waals surface area (Å²) in [4.78, 5) is 12.7. The Bertz CT molecular complexity index is 575. The van der Waals surface area contributed by atoms with Crippen molar-refractivity contribution in [1.82, 2.24) is 0 Å². The van der Waals surface area contributed by atoms with E-state index in [4.69, 9.17) is 4.74 Å². The Morgan fingerprint density at radius 3 is 2.83 bits per heavy atom. The molecule has 4 aliphatic carbocycles. The number of ketones is 1. The van der Waals surface area contributed by atoms with Crippen molar-refractivity contribution in [2.24, 2.45) is 29.1 Å². The first kappa shape index (κ1) is 16.6. The highest BCUT2D eigenvalue weighted by molar-refractivity contribution is 5.87. The summed E-state index contributed by atoms with van der Waals surface area (Å²) in [5.41, 5.74) is 3.43. The first-order chi connectivity index (χ1) is 11.6. The summed E-state index contributed by atoms with van der Waals surface area (Å²) in [6, 6.07) is 0. The molecule has 0 heterocycles. The third-order valence-corrected chi connectivity index (χ3v) is 7.96. The van der Waals surface area contributed by atoms with Crippen molar-refractivity contribution in [2.45, 2.75) is 70.8 Å². The molecule has 0 saturated heterocycles. The van der Waals surface area contributed by atoms with Crippen LogP contribution in [-0.4, -0.2) is 19.0 Å². The fourth-order valence-corrected chi connectivity index (χ4v) is 6.90. The van der Waals surface area contributed by atoms with E-state index in [1.165, 1.54) is 25.7 Å². The zero-order valence-electron chi connectivity index (χ0n) is 15.4. The van der Waals surface area contributed by atoms with Gasteiger partial charge in [-0.25, -0.2) is 0 Å². The van der Waals surface area contributed by atoms with E-state index < -0.39 is 0 Å². The van der Waals surface area contributed by atoms with Crippen LogP contribution in [0.15, 0.2) is 23.8 Å². The van der Waals surface area contributed by atoms with Crippen LogP contribution in [0.1, 0.15) is 64.7 Å². The summed E-state index contributed by atoms with van der Waals surface area (Å²) in [5, 5.41) is 0. The second-order valence-corrected chi connectivity index (χ2v) is 8.93. The van der Waals surface area contributed by atoms with Crippen LogP contribution in [0.5, 0.6) is 0 Å². The molecule has 2 saturated carbocycles. The smallest absolute Gasteiger partial charge is 0.139 e. The van der Waals surface area contributed by atoms with Crippen molar-refractivity contribution in [2.75, 3.05) is 7.11 Å². The van der Waals surface area contributed by atoms with E-state index in [-0.39, 0.29) is 5.41 Å². The van der Waals surface area contributed by atoms with Crippen LogP contribution in [0.2, 0.25) is 0 Å². The third kappa shape index (κ3) is 2.36. The Morgan fingerprint density at radius 1 is 1.25 bits per heavy atom. The van der Waals surface area contributed by atoms with Gasteiger partial charge in [-0.2, -0.15) is 0 Å². The van der Waals surface area contributed by atoms with Crippen molar-refractivity contribution in [3.8, 4) is 0 Å². The van der Waals surface area contributed by atoms with E-state index in [1.54, 1.807) is 11.1 Å². The minimum atomic E-state index is -0.0450. The van der Waals surface area contributed by atoms with Crippen LogP contribution in [0, 0.1) is 29.1 Å². The monoisotopic (exact) mass is 328 g/mol. The van der Waals surface area contributed by atoms with Crippen LogP contribution in [0.25, 0.3) is 0 Å². The normalized spacial score (nSPS) is 44.8.